The lowest BCUT2D eigenvalue weighted by Gasteiger charge is -2.33. The highest BCUT2D eigenvalue weighted by Gasteiger charge is 2.29. The lowest BCUT2D eigenvalue weighted by atomic mass is 9.93. The third-order valence-corrected chi connectivity index (χ3v) is 6.17. The molecule has 4 rings (SSSR count). The van der Waals surface area contributed by atoms with Crippen LogP contribution in [-0.2, 0) is 11.2 Å². The van der Waals surface area contributed by atoms with Crippen LogP contribution in [0.4, 0.5) is 4.79 Å². The second-order valence-corrected chi connectivity index (χ2v) is 9.45. The van der Waals surface area contributed by atoms with Crippen molar-refractivity contribution in [2.24, 2.45) is 0 Å². The molecule has 0 bridgehead atoms. The summed E-state index contributed by atoms with van der Waals surface area (Å²) in [4.78, 5) is 20.1. The van der Waals surface area contributed by atoms with Crippen LogP contribution < -0.4 is 0 Å². The van der Waals surface area contributed by atoms with Gasteiger partial charge in [0, 0.05) is 35.8 Å². The van der Waals surface area contributed by atoms with E-state index < -0.39 is 5.60 Å². The summed E-state index contributed by atoms with van der Waals surface area (Å²) < 4.78 is 7.55. The number of carbonyl (C=O) groups is 1. The zero-order chi connectivity index (χ0) is 20.6. The first kappa shape index (κ1) is 19.9. The maximum absolute atomic E-state index is 12.4. The minimum Gasteiger partial charge on any atom is -0.444 e. The number of fused-ring (bicyclic) bond motifs is 1. The van der Waals surface area contributed by atoms with Gasteiger partial charge in [-0.15, -0.1) is 11.3 Å². The molecule has 0 aliphatic carbocycles. The predicted octanol–water partition coefficient (Wildman–Crippen LogP) is 5.13. The Balaban J connectivity index is 1.59. The Hall–Kier alpha value is -2.41. The number of hydrogen-bond acceptors (Lipinski definition) is 5. The van der Waals surface area contributed by atoms with Crippen LogP contribution in [0.25, 0.3) is 16.1 Å². The predicted molar refractivity (Wildman–Crippen MR) is 115 cm³/mol. The van der Waals surface area contributed by atoms with Gasteiger partial charge in [0.2, 0.25) is 0 Å². The number of rotatable bonds is 3. The lowest BCUT2D eigenvalue weighted by Crippen LogP contribution is -2.41. The number of aryl methyl sites for hydroxylation is 1. The summed E-state index contributed by atoms with van der Waals surface area (Å²) in [6.45, 7) is 9.24. The molecule has 1 amide bonds. The van der Waals surface area contributed by atoms with E-state index in [4.69, 9.17) is 9.84 Å². The van der Waals surface area contributed by atoms with Crippen molar-refractivity contribution in [3.8, 4) is 10.4 Å². The standard InChI is InChI=1S/C22H28N4O2S/c1-5-16-19(18-7-6-14-29-18)20-23-11-8-17(26(20)24-16)15-9-12-25(13-10-15)21(27)28-22(2,3)4/h6-8,11,14-15H,5,9-10,12-13H2,1-4H3. The first-order chi connectivity index (χ1) is 13.9. The van der Waals surface area contributed by atoms with Crippen LogP contribution in [0, 0.1) is 0 Å². The fourth-order valence-electron chi connectivity index (χ4n) is 3.92. The summed E-state index contributed by atoms with van der Waals surface area (Å²) in [5.41, 5.74) is 3.87. The molecule has 0 saturated carbocycles. The van der Waals surface area contributed by atoms with Crippen LogP contribution in [0.3, 0.4) is 0 Å². The average Bonchev–Trinajstić information content (AvgIpc) is 3.33. The van der Waals surface area contributed by atoms with E-state index in [2.05, 4.69) is 35.5 Å². The Morgan fingerprint density at radius 3 is 2.66 bits per heavy atom. The van der Waals surface area contributed by atoms with Gasteiger partial charge in [-0.1, -0.05) is 13.0 Å². The van der Waals surface area contributed by atoms with E-state index in [0.717, 1.165) is 36.2 Å². The van der Waals surface area contributed by atoms with Crippen LogP contribution in [-0.4, -0.2) is 44.3 Å². The van der Waals surface area contributed by atoms with Gasteiger partial charge in [-0.2, -0.15) is 5.10 Å². The fourth-order valence-corrected chi connectivity index (χ4v) is 4.71. The molecule has 154 valence electrons. The molecule has 3 aromatic rings. The fraction of sp³-hybridized carbons (Fsp3) is 0.500. The summed E-state index contributed by atoms with van der Waals surface area (Å²) in [5.74, 6) is 0.347. The van der Waals surface area contributed by atoms with Crippen molar-refractivity contribution in [3.05, 3.63) is 41.2 Å². The van der Waals surface area contributed by atoms with Crippen LogP contribution in [0.2, 0.25) is 0 Å². The highest BCUT2D eigenvalue weighted by Crippen LogP contribution is 2.34. The van der Waals surface area contributed by atoms with Gasteiger partial charge >= 0.3 is 6.09 Å². The second kappa shape index (κ2) is 7.78. The van der Waals surface area contributed by atoms with Gasteiger partial charge < -0.3 is 9.64 Å². The van der Waals surface area contributed by atoms with Crippen molar-refractivity contribution < 1.29 is 9.53 Å². The van der Waals surface area contributed by atoms with Crippen molar-refractivity contribution in [1.29, 1.82) is 0 Å². The number of ether oxygens (including phenoxy) is 1. The number of aromatic nitrogens is 3. The lowest BCUT2D eigenvalue weighted by molar-refractivity contribution is 0.0203. The Bertz CT molecular complexity index is 996. The largest absolute Gasteiger partial charge is 0.444 e. The zero-order valence-corrected chi connectivity index (χ0v) is 18.3. The number of thiophene rings is 1. The molecule has 0 N–H and O–H groups in total. The Labute approximate surface area is 175 Å². The summed E-state index contributed by atoms with van der Waals surface area (Å²) in [7, 11) is 0. The molecule has 0 aromatic carbocycles. The van der Waals surface area contributed by atoms with E-state index in [1.807, 2.05) is 36.4 Å². The molecule has 1 aliphatic heterocycles. The summed E-state index contributed by atoms with van der Waals surface area (Å²) >= 11 is 1.72. The van der Waals surface area contributed by atoms with E-state index >= 15 is 0 Å². The van der Waals surface area contributed by atoms with E-state index in [9.17, 15) is 4.79 Å². The first-order valence-electron chi connectivity index (χ1n) is 10.3. The molecule has 0 radical (unpaired) electrons. The minimum atomic E-state index is -0.463. The second-order valence-electron chi connectivity index (χ2n) is 8.50. The number of nitrogens with zero attached hydrogens (tertiary/aromatic N) is 4. The quantitative estimate of drug-likeness (QED) is 0.598. The van der Waals surface area contributed by atoms with Crippen molar-refractivity contribution in [2.75, 3.05) is 13.1 Å². The maximum Gasteiger partial charge on any atom is 0.410 e. The van der Waals surface area contributed by atoms with E-state index in [1.54, 1.807) is 11.3 Å². The van der Waals surface area contributed by atoms with Gasteiger partial charge in [0.15, 0.2) is 5.65 Å². The zero-order valence-electron chi connectivity index (χ0n) is 17.5. The maximum atomic E-state index is 12.4. The van der Waals surface area contributed by atoms with Gasteiger partial charge in [0.1, 0.15) is 5.60 Å². The number of piperidine rings is 1. The average molecular weight is 413 g/mol. The van der Waals surface area contributed by atoms with Crippen molar-refractivity contribution in [1.82, 2.24) is 19.5 Å². The van der Waals surface area contributed by atoms with E-state index in [0.29, 0.717) is 19.0 Å². The highest BCUT2D eigenvalue weighted by atomic mass is 32.1. The number of hydrogen-bond donors (Lipinski definition) is 0. The molecule has 29 heavy (non-hydrogen) atoms. The van der Waals surface area contributed by atoms with Gasteiger partial charge in [0.25, 0.3) is 0 Å². The molecule has 6 nitrogen and oxygen atoms in total. The third-order valence-electron chi connectivity index (χ3n) is 5.29. The summed E-state index contributed by atoms with van der Waals surface area (Å²) in [6.07, 6.45) is 4.33. The third kappa shape index (κ3) is 4.01. The van der Waals surface area contributed by atoms with Crippen LogP contribution in [0.15, 0.2) is 29.8 Å². The molecule has 4 heterocycles. The van der Waals surface area contributed by atoms with Crippen molar-refractivity contribution in [2.45, 2.75) is 58.5 Å². The van der Waals surface area contributed by atoms with Gasteiger partial charge in [-0.25, -0.2) is 14.3 Å². The van der Waals surface area contributed by atoms with E-state index in [-0.39, 0.29) is 6.09 Å². The molecule has 1 aliphatic rings. The Morgan fingerprint density at radius 1 is 1.28 bits per heavy atom. The molecule has 3 aromatic heterocycles. The molecule has 0 spiro atoms. The van der Waals surface area contributed by atoms with Gasteiger partial charge in [-0.3, -0.25) is 0 Å². The monoisotopic (exact) mass is 412 g/mol. The highest BCUT2D eigenvalue weighted by molar-refractivity contribution is 7.13. The molecule has 1 fully saturated rings. The van der Waals surface area contributed by atoms with Crippen LogP contribution in [0.5, 0.6) is 0 Å². The normalized spacial score (nSPS) is 15.8. The number of likely N-dealkylation sites (tertiary alicyclic amines) is 1. The molecular formula is C22H28N4O2S. The summed E-state index contributed by atoms with van der Waals surface area (Å²) in [5, 5.41) is 7.01. The first-order valence-corrected chi connectivity index (χ1v) is 11.1. The summed E-state index contributed by atoms with van der Waals surface area (Å²) in [6, 6.07) is 6.28. The minimum absolute atomic E-state index is 0.219. The molecule has 0 atom stereocenters. The molecule has 1 saturated heterocycles. The van der Waals surface area contributed by atoms with Crippen LogP contribution >= 0.6 is 11.3 Å². The van der Waals surface area contributed by atoms with Crippen molar-refractivity contribution >= 4 is 23.1 Å². The van der Waals surface area contributed by atoms with E-state index in [1.165, 1.54) is 10.6 Å². The van der Waals surface area contributed by atoms with Crippen LogP contribution in [0.1, 0.15) is 57.8 Å². The smallest absolute Gasteiger partial charge is 0.410 e. The topological polar surface area (TPSA) is 59.7 Å². The Kier molecular flexibility index (Phi) is 5.34. The molecule has 7 heteroatoms. The molecular weight excluding hydrogens is 384 g/mol. The SMILES string of the molecule is CCc1nn2c(C3CCN(C(=O)OC(C)(C)C)CC3)ccnc2c1-c1cccs1. The van der Waals surface area contributed by atoms with Gasteiger partial charge in [0.05, 0.1) is 11.3 Å². The number of amides is 1. The Morgan fingerprint density at radius 2 is 2.03 bits per heavy atom. The number of carbonyl (C=O) groups excluding carboxylic acids is 1. The van der Waals surface area contributed by atoms with Gasteiger partial charge in [-0.05, 0) is 57.5 Å². The molecule has 0 unspecified atom stereocenters. The van der Waals surface area contributed by atoms with Crippen molar-refractivity contribution in [3.63, 3.8) is 0 Å².